The summed E-state index contributed by atoms with van der Waals surface area (Å²) in [5.41, 5.74) is 1.27. The lowest BCUT2D eigenvalue weighted by Gasteiger charge is -2.19. The van der Waals surface area contributed by atoms with Crippen LogP contribution < -0.4 is 5.32 Å². The van der Waals surface area contributed by atoms with Crippen molar-refractivity contribution in [3.8, 4) is 11.5 Å². The number of carbonyl (C=O) groups excluding carboxylic acids is 2. The quantitative estimate of drug-likeness (QED) is 0.677. The number of anilines is 1. The van der Waals surface area contributed by atoms with Crippen molar-refractivity contribution < 1.29 is 14.0 Å². The van der Waals surface area contributed by atoms with Crippen LogP contribution in [0.1, 0.15) is 60.0 Å². The molecule has 2 aromatic heterocycles. The van der Waals surface area contributed by atoms with Gasteiger partial charge in [-0.25, -0.2) is 9.37 Å². The minimum Gasteiger partial charge on any atom is -0.332 e. The number of fused-ring (bicyclic) bond motifs is 1. The Balaban J connectivity index is 1.60. The first-order valence-corrected chi connectivity index (χ1v) is 10.1. The van der Waals surface area contributed by atoms with Gasteiger partial charge in [-0.1, -0.05) is 6.07 Å². The largest absolute Gasteiger partial charge is 0.332 e. The summed E-state index contributed by atoms with van der Waals surface area (Å²) in [5, 5.41) is 10.7. The molecule has 3 aromatic rings. The predicted molar refractivity (Wildman–Crippen MR) is 113 cm³/mol. The van der Waals surface area contributed by atoms with Crippen molar-refractivity contribution in [2.24, 2.45) is 0 Å². The minimum absolute atomic E-state index is 0.0138. The van der Waals surface area contributed by atoms with E-state index in [0.29, 0.717) is 29.2 Å². The van der Waals surface area contributed by atoms with Crippen LogP contribution in [0.15, 0.2) is 36.7 Å². The van der Waals surface area contributed by atoms with Gasteiger partial charge < -0.3 is 14.8 Å². The molecule has 0 aliphatic carbocycles. The van der Waals surface area contributed by atoms with E-state index in [2.05, 4.69) is 20.5 Å². The molecule has 1 aliphatic heterocycles. The molecule has 0 saturated heterocycles. The second-order valence-electron chi connectivity index (χ2n) is 8.03. The molecule has 8 nitrogen and oxygen atoms in total. The summed E-state index contributed by atoms with van der Waals surface area (Å²) < 4.78 is 16.5. The molecule has 9 heteroatoms. The number of halogens is 1. The molecule has 31 heavy (non-hydrogen) atoms. The van der Waals surface area contributed by atoms with E-state index in [9.17, 15) is 14.0 Å². The van der Waals surface area contributed by atoms with Gasteiger partial charge in [0, 0.05) is 24.2 Å². The van der Waals surface area contributed by atoms with Gasteiger partial charge in [-0.2, -0.15) is 0 Å². The fraction of sp³-hybridized carbons (Fsp3) is 0.318. The number of hydrogen-bond donors (Lipinski definition) is 1. The number of aromatic nitrogens is 4. The Kier molecular flexibility index (Phi) is 5.26. The lowest BCUT2D eigenvalue weighted by Crippen LogP contribution is -2.30. The number of amides is 2. The molecule has 0 unspecified atom stereocenters. The molecule has 0 radical (unpaired) electrons. The minimum atomic E-state index is -0.676. The number of nitrogens with one attached hydrogen (secondary N) is 1. The Bertz CT molecular complexity index is 1170. The van der Waals surface area contributed by atoms with Crippen molar-refractivity contribution in [2.75, 3.05) is 5.32 Å². The molecule has 0 spiro atoms. The standard InChI is InChI=1S/C22H23FN6O2/c1-12(2)28-10-14-8-17(23)16(9-15(14)22(28)31)21(30)26-19-7-5-6-18(25-19)20-27-24-11-29(20)13(3)4/h5-9,11-13H,10H2,1-4H3,(H,25,26,30). The molecule has 3 heterocycles. The summed E-state index contributed by atoms with van der Waals surface area (Å²) >= 11 is 0. The van der Waals surface area contributed by atoms with Gasteiger partial charge in [0.1, 0.15) is 23.7 Å². The van der Waals surface area contributed by atoms with Crippen LogP contribution in [0.2, 0.25) is 0 Å². The van der Waals surface area contributed by atoms with Gasteiger partial charge in [-0.15, -0.1) is 10.2 Å². The zero-order valence-electron chi connectivity index (χ0n) is 17.8. The molecular formula is C22H23FN6O2. The SMILES string of the molecule is CC(C)N1Cc2cc(F)c(C(=O)Nc3cccc(-c4nncn4C(C)C)n3)cc2C1=O. The molecule has 0 saturated carbocycles. The third kappa shape index (κ3) is 3.78. The predicted octanol–water partition coefficient (Wildman–Crippen LogP) is 3.68. The number of rotatable bonds is 5. The number of carbonyl (C=O) groups is 2. The van der Waals surface area contributed by atoms with E-state index in [1.807, 2.05) is 32.3 Å². The van der Waals surface area contributed by atoms with Crippen LogP contribution in [0.5, 0.6) is 0 Å². The van der Waals surface area contributed by atoms with Gasteiger partial charge in [-0.3, -0.25) is 9.59 Å². The van der Waals surface area contributed by atoms with Crippen molar-refractivity contribution in [2.45, 2.75) is 46.3 Å². The van der Waals surface area contributed by atoms with Gasteiger partial charge in [0.15, 0.2) is 5.82 Å². The molecular weight excluding hydrogens is 399 g/mol. The second kappa shape index (κ2) is 7.90. The van der Waals surface area contributed by atoms with Crippen LogP contribution in [0.3, 0.4) is 0 Å². The molecule has 160 valence electrons. The number of benzene rings is 1. The Labute approximate surface area is 179 Å². The van der Waals surface area contributed by atoms with Crippen LogP contribution in [-0.2, 0) is 6.54 Å². The molecule has 0 fully saturated rings. The van der Waals surface area contributed by atoms with Gasteiger partial charge >= 0.3 is 0 Å². The smallest absolute Gasteiger partial charge is 0.259 e. The van der Waals surface area contributed by atoms with E-state index in [4.69, 9.17) is 0 Å². The highest BCUT2D eigenvalue weighted by atomic mass is 19.1. The Morgan fingerprint density at radius 1 is 1.16 bits per heavy atom. The summed E-state index contributed by atoms with van der Waals surface area (Å²) in [7, 11) is 0. The average molecular weight is 422 g/mol. The highest BCUT2D eigenvalue weighted by Crippen LogP contribution is 2.28. The monoisotopic (exact) mass is 422 g/mol. The van der Waals surface area contributed by atoms with E-state index in [-0.39, 0.29) is 29.4 Å². The zero-order chi connectivity index (χ0) is 22.3. The van der Waals surface area contributed by atoms with Crippen molar-refractivity contribution in [1.82, 2.24) is 24.6 Å². The van der Waals surface area contributed by atoms with Crippen LogP contribution in [0.25, 0.3) is 11.5 Å². The second-order valence-corrected chi connectivity index (χ2v) is 8.03. The van der Waals surface area contributed by atoms with Crippen LogP contribution in [0, 0.1) is 5.82 Å². The maximum Gasteiger partial charge on any atom is 0.259 e. The van der Waals surface area contributed by atoms with Crippen molar-refractivity contribution in [1.29, 1.82) is 0 Å². The third-order valence-corrected chi connectivity index (χ3v) is 5.24. The Morgan fingerprint density at radius 2 is 1.94 bits per heavy atom. The maximum absolute atomic E-state index is 14.7. The maximum atomic E-state index is 14.7. The molecule has 1 aromatic carbocycles. The van der Waals surface area contributed by atoms with E-state index >= 15 is 0 Å². The van der Waals surface area contributed by atoms with E-state index in [1.54, 1.807) is 29.4 Å². The fourth-order valence-electron chi connectivity index (χ4n) is 3.56. The fourth-order valence-corrected chi connectivity index (χ4v) is 3.56. The average Bonchev–Trinajstić information content (AvgIpc) is 3.33. The highest BCUT2D eigenvalue weighted by Gasteiger charge is 2.31. The third-order valence-electron chi connectivity index (χ3n) is 5.24. The normalized spacial score (nSPS) is 13.3. The van der Waals surface area contributed by atoms with Crippen molar-refractivity contribution in [3.63, 3.8) is 0 Å². The van der Waals surface area contributed by atoms with Crippen molar-refractivity contribution in [3.05, 3.63) is 59.2 Å². The number of pyridine rings is 1. The molecule has 0 atom stereocenters. The van der Waals surface area contributed by atoms with E-state index in [0.717, 1.165) is 0 Å². The van der Waals surface area contributed by atoms with Crippen molar-refractivity contribution >= 4 is 17.6 Å². The summed E-state index contributed by atoms with van der Waals surface area (Å²) in [6.45, 7) is 8.12. The van der Waals surface area contributed by atoms with E-state index < -0.39 is 11.7 Å². The summed E-state index contributed by atoms with van der Waals surface area (Å²) in [6.07, 6.45) is 1.62. The lowest BCUT2D eigenvalue weighted by molar-refractivity contribution is 0.0730. The summed E-state index contributed by atoms with van der Waals surface area (Å²) in [6, 6.07) is 7.79. The first kappa shape index (κ1) is 20.6. The molecule has 4 rings (SSSR count). The van der Waals surface area contributed by atoms with Crippen LogP contribution in [-0.4, -0.2) is 42.5 Å². The first-order chi connectivity index (χ1) is 14.8. The Morgan fingerprint density at radius 3 is 2.65 bits per heavy atom. The molecule has 1 N–H and O–H groups in total. The van der Waals surface area contributed by atoms with Gasteiger partial charge in [-0.05, 0) is 57.5 Å². The van der Waals surface area contributed by atoms with Crippen LogP contribution >= 0.6 is 0 Å². The van der Waals surface area contributed by atoms with Gasteiger partial charge in [0.05, 0.1) is 5.56 Å². The lowest BCUT2D eigenvalue weighted by atomic mass is 10.0. The summed E-state index contributed by atoms with van der Waals surface area (Å²) in [5.74, 6) is -0.742. The summed E-state index contributed by atoms with van der Waals surface area (Å²) in [4.78, 5) is 31.4. The number of nitrogens with zero attached hydrogens (tertiary/aromatic N) is 5. The van der Waals surface area contributed by atoms with Crippen LogP contribution in [0.4, 0.5) is 10.2 Å². The Hall–Kier alpha value is -3.62. The van der Waals surface area contributed by atoms with Gasteiger partial charge in [0.25, 0.3) is 11.8 Å². The van der Waals surface area contributed by atoms with Gasteiger partial charge in [0.2, 0.25) is 0 Å². The zero-order valence-corrected chi connectivity index (χ0v) is 17.8. The molecule has 0 bridgehead atoms. The highest BCUT2D eigenvalue weighted by molar-refractivity contribution is 6.07. The molecule has 2 amide bonds. The first-order valence-electron chi connectivity index (χ1n) is 10.1. The molecule has 1 aliphatic rings. The topological polar surface area (TPSA) is 93.0 Å². The van der Waals surface area contributed by atoms with E-state index in [1.165, 1.54) is 12.1 Å². The number of hydrogen-bond acceptors (Lipinski definition) is 5.